The van der Waals surface area contributed by atoms with Crippen LogP contribution in [0.25, 0.3) is 11.0 Å². The number of ketones is 1. The molecule has 0 aliphatic carbocycles. The Balaban J connectivity index is 1.23. The molecule has 0 atom stereocenters. The maximum atomic E-state index is 12.6. The molecule has 1 fully saturated rings. The molecule has 0 saturated carbocycles. The molecule has 2 aromatic heterocycles. The summed E-state index contributed by atoms with van der Waals surface area (Å²) in [4.78, 5) is 36.8. The van der Waals surface area contributed by atoms with E-state index in [1.807, 2.05) is 11.0 Å². The third kappa shape index (κ3) is 10.0. The van der Waals surface area contributed by atoms with Crippen LogP contribution in [0.4, 0.5) is 11.8 Å². The van der Waals surface area contributed by atoms with Gasteiger partial charge in [0.2, 0.25) is 11.9 Å². The number of benzene rings is 1. The van der Waals surface area contributed by atoms with E-state index in [9.17, 15) is 9.59 Å². The molecule has 0 spiro atoms. The summed E-state index contributed by atoms with van der Waals surface area (Å²) in [6.07, 6.45) is 6.29. The number of amides is 1. The van der Waals surface area contributed by atoms with Crippen molar-refractivity contribution in [2.75, 3.05) is 70.2 Å². The average molecular weight is 608 g/mol. The summed E-state index contributed by atoms with van der Waals surface area (Å²) in [6, 6.07) is 8.71. The van der Waals surface area contributed by atoms with Crippen molar-refractivity contribution in [2.24, 2.45) is 0 Å². The maximum Gasteiger partial charge on any atom is 0.224 e. The fourth-order valence-corrected chi connectivity index (χ4v) is 5.45. The van der Waals surface area contributed by atoms with Crippen molar-refractivity contribution in [2.45, 2.75) is 66.0 Å². The van der Waals surface area contributed by atoms with Gasteiger partial charge in [-0.2, -0.15) is 4.98 Å². The highest BCUT2D eigenvalue weighted by atomic mass is 16.5. The van der Waals surface area contributed by atoms with Gasteiger partial charge in [-0.15, -0.1) is 0 Å². The summed E-state index contributed by atoms with van der Waals surface area (Å²) < 4.78 is 13.1. The van der Waals surface area contributed by atoms with Gasteiger partial charge in [0.1, 0.15) is 11.3 Å². The number of aromatic nitrogens is 3. The molecule has 1 aromatic carbocycles. The van der Waals surface area contributed by atoms with Crippen molar-refractivity contribution < 1.29 is 19.1 Å². The van der Waals surface area contributed by atoms with Crippen LogP contribution < -0.4 is 11.1 Å². The molecular weight excluding hydrogens is 558 g/mol. The number of ether oxygens (including phenoxy) is 2. The summed E-state index contributed by atoms with van der Waals surface area (Å²) in [5.74, 6) is 1.32. The first-order valence-corrected chi connectivity index (χ1v) is 15.9. The fraction of sp³-hybridized carbons (Fsp3) is 0.576. The van der Waals surface area contributed by atoms with E-state index in [0.29, 0.717) is 39.3 Å². The molecule has 4 rings (SSSR count). The molecule has 1 aliphatic rings. The summed E-state index contributed by atoms with van der Waals surface area (Å²) in [5.41, 5.74) is 11.6. The molecule has 0 bridgehead atoms. The van der Waals surface area contributed by atoms with Gasteiger partial charge in [0.15, 0.2) is 5.82 Å². The highest BCUT2D eigenvalue weighted by Crippen LogP contribution is 2.25. The number of aryl methyl sites for hydroxylation is 1. The predicted octanol–water partition coefficient (Wildman–Crippen LogP) is 4.02. The second-order valence-corrected chi connectivity index (χ2v) is 11.6. The summed E-state index contributed by atoms with van der Waals surface area (Å²) in [7, 11) is 0. The second kappa shape index (κ2) is 17.1. The normalized spacial score (nSPS) is 13.9. The fourth-order valence-electron chi connectivity index (χ4n) is 5.45. The number of hydrogen-bond acceptors (Lipinski definition) is 9. The van der Waals surface area contributed by atoms with Crippen molar-refractivity contribution in [3.63, 3.8) is 0 Å². The topological polar surface area (TPSA) is 128 Å². The Hall–Kier alpha value is -3.54. The van der Waals surface area contributed by atoms with Gasteiger partial charge in [-0.3, -0.25) is 14.5 Å². The number of nitrogens with zero attached hydrogens (tertiary/aromatic N) is 5. The highest BCUT2D eigenvalue weighted by molar-refractivity contribution is 5.87. The Labute approximate surface area is 261 Å². The largest absolute Gasteiger partial charge is 0.379 e. The van der Waals surface area contributed by atoms with Crippen LogP contribution in [-0.2, 0) is 32.2 Å². The summed E-state index contributed by atoms with van der Waals surface area (Å²) in [5, 5.41) is 3.48. The zero-order valence-corrected chi connectivity index (χ0v) is 26.6. The molecule has 3 heterocycles. The Morgan fingerprint density at radius 1 is 0.955 bits per heavy atom. The van der Waals surface area contributed by atoms with Gasteiger partial charge < -0.3 is 30.0 Å². The maximum absolute atomic E-state index is 12.6. The van der Waals surface area contributed by atoms with Crippen LogP contribution in [0.5, 0.6) is 0 Å². The zero-order chi connectivity index (χ0) is 31.3. The number of carbonyl (C=O) groups is 2. The number of unbranched alkanes of at least 4 members (excludes halogenated alkanes) is 2. The Morgan fingerprint density at radius 2 is 1.70 bits per heavy atom. The number of anilines is 2. The monoisotopic (exact) mass is 607 g/mol. The lowest BCUT2D eigenvalue weighted by molar-refractivity contribution is -0.134. The van der Waals surface area contributed by atoms with Crippen LogP contribution >= 0.6 is 0 Å². The average Bonchev–Trinajstić information content (AvgIpc) is 3.40. The summed E-state index contributed by atoms with van der Waals surface area (Å²) in [6.45, 7) is 13.2. The molecule has 0 radical (unpaired) electrons. The standard InChI is InChI=1S/C33H49N7O4/c1-4-5-6-12-35-32-31-29(36-33(34)37-32)9-13-40(31)24-28-8-7-27(22-25(28)2)23-38-14-16-39(17-15-38)30(42)11-19-44-21-20-43-18-10-26(3)41/h7-9,13,22H,4-6,10-12,14-21,23-24H2,1-3H3,(H3,34,35,36,37). The number of rotatable bonds is 18. The number of carbonyl (C=O) groups excluding carboxylic acids is 2. The van der Waals surface area contributed by atoms with Crippen LogP contribution in [0.3, 0.4) is 0 Å². The van der Waals surface area contributed by atoms with E-state index in [-0.39, 0.29) is 17.6 Å². The van der Waals surface area contributed by atoms with Gasteiger partial charge in [0, 0.05) is 58.4 Å². The van der Waals surface area contributed by atoms with E-state index in [2.05, 4.69) is 63.0 Å². The molecule has 11 heteroatoms. The Bertz CT molecular complexity index is 1370. The number of nitrogens with one attached hydrogen (secondary N) is 1. The van der Waals surface area contributed by atoms with Crippen LogP contribution in [-0.4, -0.2) is 95.2 Å². The molecule has 44 heavy (non-hydrogen) atoms. The van der Waals surface area contributed by atoms with E-state index in [1.165, 1.54) is 29.5 Å². The molecule has 3 aromatic rings. The van der Waals surface area contributed by atoms with Gasteiger partial charge >= 0.3 is 0 Å². The Kier molecular flexibility index (Phi) is 12.9. The molecule has 1 saturated heterocycles. The predicted molar refractivity (Wildman–Crippen MR) is 174 cm³/mol. The number of Topliss-reactive ketones (excluding diaryl/α,β-unsaturated/α-hetero) is 1. The number of nitrogens with two attached hydrogens (primary N) is 1. The van der Waals surface area contributed by atoms with Crippen LogP contribution in [0.15, 0.2) is 30.5 Å². The van der Waals surface area contributed by atoms with Gasteiger partial charge in [0.25, 0.3) is 0 Å². The van der Waals surface area contributed by atoms with Crippen molar-refractivity contribution in [1.82, 2.24) is 24.3 Å². The molecule has 11 nitrogen and oxygen atoms in total. The first-order chi connectivity index (χ1) is 21.3. The smallest absolute Gasteiger partial charge is 0.224 e. The van der Waals surface area contributed by atoms with E-state index in [1.54, 1.807) is 6.92 Å². The second-order valence-electron chi connectivity index (χ2n) is 11.6. The molecule has 1 amide bonds. The molecule has 3 N–H and O–H groups in total. The lowest BCUT2D eigenvalue weighted by Gasteiger charge is -2.35. The van der Waals surface area contributed by atoms with Crippen LogP contribution in [0.1, 0.15) is 62.6 Å². The van der Waals surface area contributed by atoms with Crippen LogP contribution in [0, 0.1) is 6.92 Å². The molecule has 1 aliphatic heterocycles. The Morgan fingerprint density at radius 3 is 2.41 bits per heavy atom. The highest BCUT2D eigenvalue weighted by Gasteiger charge is 2.21. The SMILES string of the molecule is CCCCCNc1nc(N)nc2ccn(Cc3ccc(CN4CCN(C(=O)CCOCCOCCC(C)=O)CC4)cc3C)c12. The quantitative estimate of drug-likeness (QED) is 0.206. The van der Waals surface area contributed by atoms with E-state index < -0.39 is 0 Å². The number of hydrogen-bond donors (Lipinski definition) is 2. The minimum absolute atomic E-state index is 0.116. The zero-order valence-electron chi connectivity index (χ0n) is 26.6. The lowest BCUT2D eigenvalue weighted by atomic mass is 10.0. The molecular formula is C33H49N7O4. The van der Waals surface area contributed by atoms with E-state index in [4.69, 9.17) is 15.2 Å². The summed E-state index contributed by atoms with van der Waals surface area (Å²) >= 11 is 0. The minimum atomic E-state index is 0.116. The van der Waals surface area contributed by atoms with Crippen molar-refractivity contribution in [1.29, 1.82) is 0 Å². The van der Waals surface area contributed by atoms with Crippen molar-refractivity contribution in [3.05, 3.63) is 47.2 Å². The van der Waals surface area contributed by atoms with Crippen molar-refractivity contribution in [3.8, 4) is 0 Å². The van der Waals surface area contributed by atoms with E-state index in [0.717, 1.165) is 69.1 Å². The number of piperazine rings is 1. The third-order valence-corrected chi connectivity index (χ3v) is 8.01. The lowest BCUT2D eigenvalue weighted by Crippen LogP contribution is -2.48. The number of nitrogen functional groups attached to an aromatic ring is 1. The number of fused-ring (bicyclic) bond motifs is 1. The van der Waals surface area contributed by atoms with Gasteiger partial charge in [-0.25, -0.2) is 4.98 Å². The van der Waals surface area contributed by atoms with Gasteiger partial charge in [0.05, 0.1) is 38.4 Å². The minimum Gasteiger partial charge on any atom is -0.379 e. The van der Waals surface area contributed by atoms with E-state index >= 15 is 0 Å². The molecule has 0 unspecified atom stereocenters. The van der Waals surface area contributed by atoms with Crippen LogP contribution in [0.2, 0.25) is 0 Å². The van der Waals surface area contributed by atoms with Crippen molar-refractivity contribution >= 4 is 34.5 Å². The first kappa shape index (κ1) is 33.4. The van der Waals surface area contributed by atoms with Gasteiger partial charge in [-0.1, -0.05) is 38.0 Å². The van der Waals surface area contributed by atoms with Gasteiger partial charge in [-0.05, 0) is 43.0 Å². The first-order valence-electron chi connectivity index (χ1n) is 15.9. The molecule has 240 valence electrons. The third-order valence-electron chi connectivity index (χ3n) is 8.01.